The summed E-state index contributed by atoms with van der Waals surface area (Å²) < 4.78 is 5.73. The monoisotopic (exact) mass is 296 g/mol. The Morgan fingerprint density at radius 1 is 1.30 bits per heavy atom. The van der Waals surface area contributed by atoms with E-state index >= 15 is 0 Å². The van der Waals surface area contributed by atoms with Gasteiger partial charge in [0.2, 0.25) is 0 Å². The number of ether oxygens (including phenoxy) is 1. The van der Waals surface area contributed by atoms with Crippen molar-refractivity contribution < 1.29 is 4.74 Å². The van der Waals surface area contributed by atoms with Crippen LogP contribution in [0.25, 0.3) is 0 Å². The number of hydrogen-bond acceptors (Lipinski definition) is 3. The zero-order chi connectivity index (χ0) is 14.4. The first-order chi connectivity index (χ1) is 9.70. The highest BCUT2D eigenvalue weighted by Gasteiger charge is 2.11. The summed E-state index contributed by atoms with van der Waals surface area (Å²) in [5.74, 6) is 0.995. The van der Waals surface area contributed by atoms with Crippen LogP contribution in [0.1, 0.15) is 24.5 Å². The molecule has 0 amide bonds. The van der Waals surface area contributed by atoms with E-state index in [2.05, 4.69) is 22.3 Å². The van der Waals surface area contributed by atoms with Gasteiger partial charge in [0, 0.05) is 31.2 Å². The normalized spacial score (nSPS) is 16.4. The summed E-state index contributed by atoms with van der Waals surface area (Å²) in [5, 5.41) is 4.22. The summed E-state index contributed by atoms with van der Waals surface area (Å²) in [5.41, 5.74) is 2.32. The Hall–Kier alpha value is -0.770. The summed E-state index contributed by atoms with van der Waals surface area (Å²) in [6, 6.07) is 4.13. The van der Waals surface area contributed by atoms with E-state index in [1.807, 2.05) is 13.8 Å². The molecule has 0 saturated carbocycles. The molecule has 0 radical (unpaired) electrons. The highest BCUT2D eigenvalue weighted by Crippen LogP contribution is 2.27. The largest absolute Gasteiger partial charge is 0.494 e. The summed E-state index contributed by atoms with van der Waals surface area (Å²) in [6.07, 6.45) is 2.18. The second-order valence-corrected chi connectivity index (χ2v) is 5.74. The van der Waals surface area contributed by atoms with Crippen LogP contribution >= 0.6 is 11.6 Å². The van der Waals surface area contributed by atoms with Gasteiger partial charge in [-0.2, -0.15) is 0 Å². The molecule has 1 fully saturated rings. The van der Waals surface area contributed by atoms with Crippen molar-refractivity contribution in [1.29, 1.82) is 0 Å². The Kier molecular flexibility index (Phi) is 6.14. The highest BCUT2D eigenvalue weighted by atomic mass is 35.5. The molecule has 4 heteroatoms. The zero-order valence-corrected chi connectivity index (χ0v) is 13.3. The van der Waals surface area contributed by atoms with Gasteiger partial charge >= 0.3 is 0 Å². The van der Waals surface area contributed by atoms with E-state index in [4.69, 9.17) is 16.3 Å². The van der Waals surface area contributed by atoms with E-state index in [0.29, 0.717) is 6.61 Å². The van der Waals surface area contributed by atoms with Gasteiger partial charge in [0.05, 0.1) is 6.61 Å². The molecule has 0 spiro atoms. The van der Waals surface area contributed by atoms with Gasteiger partial charge in [-0.1, -0.05) is 11.6 Å². The number of nitrogens with zero attached hydrogens (tertiary/aromatic N) is 1. The molecule has 2 rings (SSSR count). The number of aryl methyl sites for hydroxylation is 2. The second kappa shape index (κ2) is 7.87. The van der Waals surface area contributed by atoms with Gasteiger partial charge in [-0.15, -0.1) is 0 Å². The lowest BCUT2D eigenvalue weighted by molar-refractivity contribution is 0.238. The third kappa shape index (κ3) is 4.37. The van der Waals surface area contributed by atoms with Gasteiger partial charge in [0.1, 0.15) is 5.75 Å². The first-order valence-electron chi connectivity index (χ1n) is 7.55. The number of piperazine rings is 1. The number of benzene rings is 1. The third-order valence-corrected chi connectivity index (χ3v) is 4.18. The summed E-state index contributed by atoms with van der Waals surface area (Å²) >= 11 is 6.24. The topological polar surface area (TPSA) is 24.5 Å². The molecule has 1 aromatic rings. The highest BCUT2D eigenvalue weighted by molar-refractivity contribution is 6.31. The Labute approximate surface area is 127 Å². The fourth-order valence-electron chi connectivity index (χ4n) is 2.61. The number of rotatable bonds is 6. The van der Waals surface area contributed by atoms with Crippen molar-refractivity contribution >= 4 is 11.6 Å². The molecule has 3 nitrogen and oxygen atoms in total. The van der Waals surface area contributed by atoms with Crippen LogP contribution in [0.2, 0.25) is 5.02 Å². The van der Waals surface area contributed by atoms with E-state index < -0.39 is 0 Å². The maximum Gasteiger partial charge on any atom is 0.122 e. The van der Waals surface area contributed by atoms with E-state index in [1.165, 1.54) is 5.56 Å². The summed E-state index contributed by atoms with van der Waals surface area (Å²) in [7, 11) is 0. The lowest BCUT2D eigenvalue weighted by Gasteiger charge is -2.27. The lowest BCUT2D eigenvalue weighted by Crippen LogP contribution is -2.43. The minimum atomic E-state index is 0.700. The van der Waals surface area contributed by atoms with Crippen LogP contribution in [-0.4, -0.2) is 44.2 Å². The Balaban J connectivity index is 1.91. The SMILES string of the molecule is CCOc1cc(C)c(Cl)cc1CCCN1CCNCC1. The molecule has 1 heterocycles. The van der Waals surface area contributed by atoms with Crippen LogP contribution in [0.3, 0.4) is 0 Å². The molecule has 0 aromatic heterocycles. The van der Waals surface area contributed by atoms with Gasteiger partial charge in [0.25, 0.3) is 0 Å². The second-order valence-electron chi connectivity index (χ2n) is 5.34. The summed E-state index contributed by atoms with van der Waals surface area (Å²) in [6.45, 7) is 10.4. The van der Waals surface area contributed by atoms with Crippen LogP contribution in [-0.2, 0) is 6.42 Å². The molecule has 1 saturated heterocycles. The average Bonchev–Trinajstić information content (AvgIpc) is 2.45. The van der Waals surface area contributed by atoms with E-state index in [1.54, 1.807) is 0 Å². The third-order valence-electron chi connectivity index (χ3n) is 3.77. The maximum absolute atomic E-state index is 6.24. The van der Waals surface area contributed by atoms with Crippen LogP contribution in [0, 0.1) is 6.92 Å². The first kappa shape index (κ1) is 15.6. The number of hydrogen-bond donors (Lipinski definition) is 1. The van der Waals surface area contributed by atoms with Gasteiger partial charge in [-0.05, 0) is 56.5 Å². The van der Waals surface area contributed by atoms with Crippen molar-refractivity contribution in [3.05, 3.63) is 28.3 Å². The van der Waals surface area contributed by atoms with Gasteiger partial charge in [-0.25, -0.2) is 0 Å². The van der Waals surface area contributed by atoms with Crippen molar-refractivity contribution in [2.75, 3.05) is 39.3 Å². The summed E-state index contributed by atoms with van der Waals surface area (Å²) in [4.78, 5) is 2.52. The van der Waals surface area contributed by atoms with E-state index in [9.17, 15) is 0 Å². The van der Waals surface area contributed by atoms with Crippen LogP contribution in [0.4, 0.5) is 0 Å². The van der Waals surface area contributed by atoms with Gasteiger partial charge < -0.3 is 15.0 Å². The van der Waals surface area contributed by atoms with E-state index in [-0.39, 0.29) is 0 Å². The molecule has 0 bridgehead atoms. The molecule has 1 aliphatic rings. The molecule has 0 unspecified atom stereocenters. The van der Waals surface area contributed by atoms with Crippen LogP contribution in [0.15, 0.2) is 12.1 Å². The molecule has 0 aliphatic carbocycles. The van der Waals surface area contributed by atoms with Crippen LogP contribution in [0.5, 0.6) is 5.75 Å². The van der Waals surface area contributed by atoms with Crippen molar-refractivity contribution in [3.8, 4) is 5.75 Å². The molecular formula is C16H25ClN2O. The molecule has 1 N–H and O–H groups in total. The zero-order valence-electron chi connectivity index (χ0n) is 12.5. The minimum absolute atomic E-state index is 0.700. The quantitative estimate of drug-likeness (QED) is 0.873. The fourth-order valence-corrected chi connectivity index (χ4v) is 2.80. The van der Waals surface area contributed by atoms with Gasteiger partial charge in [0.15, 0.2) is 0 Å². The molecule has 1 aromatic carbocycles. The minimum Gasteiger partial charge on any atom is -0.494 e. The molecule has 112 valence electrons. The smallest absolute Gasteiger partial charge is 0.122 e. The number of halogens is 1. The van der Waals surface area contributed by atoms with Crippen molar-refractivity contribution in [1.82, 2.24) is 10.2 Å². The van der Waals surface area contributed by atoms with Crippen molar-refractivity contribution in [2.45, 2.75) is 26.7 Å². The first-order valence-corrected chi connectivity index (χ1v) is 7.93. The average molecular weight is 297 g/mol. The molecule has 1 aliphatic heterocycles. The maximum atomic E-state index is 6.24. The Morgan fingerprint density at radius 2 is 2.05 bits per heavy atom. The Bertz CT molecular complexity index is 431. The standard InChI is InChI=1S/C16H25ClN2O/c1-3-20-16-11-13(2)15(17)12-14(16)5-4-8-19-9-6-18-7-10-19/h11-12,18H,3-10H2,1-2H3. The molecule has 0 atom stereocenters. The molecular weight excluding hydrogens is 272 g/mol. The van der Waals surface area contributed by atoms with Crippen molar-refractivity contribution in [3.63, 3.8) is 0 Å². The lowest BCUT2D eigenvalue weighted by atomic mass is 10.1. The van der Waals surface area contributed by atoms with Crippen LogP contribution < -0.4 is 10.1 Å². The van der Waals surface area contributed by atoms with E-state index in [0.717, 1.165) is 61.9 Å². The number of nitrogens with one attached hydrogen (secondary N) is 1. The fraction of sp³-hybridized carbons (Fsp3) is 0.625. The predicted molar refractivity (Wildman–Crippen MR) is 85.0 cm³/mol. The Morgan fingerprint density at radius 3 is 2.75 bits per heavy atom. The predicted octanol–water partition coefficient (Wildman–Crippen LogP) is 2.88. The molecule has 20 heavy (non-hydrogen) atoms. The van der Waals surface area contributed by atoms with Crippen molar-refractivity contribution in [2.24, 2.45) is 0 Å². The van der Waals surface area contributed by atoms with Gasteiger partial charge in [-0.3, -0.25) is 0 Å².